The van der Waals surface area contributed by atoms with Gasteiger partial charge in [0.1, 0.15) is 21.8 Å². The number of nitrogens with zero attached hydrogens (tertiary/aromatic N) is 2. The fraction of sp³-hybridized carbons (Fsp3) is 0.211. The van der Waals surface area contributed by atoms with Crippen LogP contribution in [0.15, 0.2) is 30.3 Å². The van der Waals surface area contributed by atoms with Crippen molar-refractivity contribution in [3.63, 3.8) is 0 Å². The van der Waals surface area contributed by atoms with Gasteiger partial charge in [0.2, 0.25) is 0 Å². The molecule has 2 heterocycles. The lowest BCUT2D eigenvalue weighted by Gasteiger charge is -2.01. The third kappa shape index (κ3) is 3.98. The van der Waals surface area contributed by atoms with Crippen LogP contribution in [0, 0.1) is 24.1 Å². The Morgan fingerprint density at radius 3 is 2.69 bits per heavy atom. The largest absolute Gasteiger partial charge is 0.312 e. The summed E-state index contributed by atoms with van der Waals surface area (Å²) in [5.41, 5.74) is 2.06. The first-order valence-corrected chi connectivity index (χ1v) is 9.68. The van der Waals surface area contributed by atoms with Crippen molar-refractivity contribution in [3.05, 3.63) is 67.7 Å². The number of carbonyl (C=O) groups is 1. The van der Waals surface area contributed by atoms with E-state index in [1.807, 2.05) is 6.92 Å². The summed E-state index contributed by atoms with van der Waals surface area (Å²) in [7, 11) is 0. The van der Waals surface area contributed by atoms with Crippen molar-refractivity contribution >= 4 is 33.6 Å². The predicted octanol–water partition coefficient (Wildman–Crippen LogP) is 4.93. The number of anilines is 1. The third-order valence-corrected chi connectivity index (χ3v) is 6.15. The maximum Gasteiger partial charge on any atom is 0.268 e. The van der Waals surface area contributed by atoms with Crippen molar-refractivity contribution < 1.29 is 9.18 Å². The Morgan fingerprint density at radius 1 is 1.31 bits per heavy atom. The Labute approximate surface area is 159 Å². The average molecular weight is 385 g/mol. The summed E-state index contributed by atoms with van der Waals surface area (Å²) in [5, 5.41) is 13.4. The molecule has 0 fully saturated rings. The SMILES string of the molecule is CCc1cc(C#N)c(NC(=O)c2sc(Cc3ccc(F)cc3)nc2C)s1. The molecule has 132 valence electrons. The summed E-state index contributed by atoms with van der Waals surface area (Å²) in [5.74, 6) is -0.536. The number of rotatable bonds is 5. The predicted molar refractivity (Wildman–Crippen MR) is 102 cm³/mol. The molecule has 4 nitrogen and oxygen atoms in total. The molecule has 0 radical (unpaired) electrons. The van der Waals surface area contributed by atoms with Gasteiger partial charge in [0.25, 0.3) is 5.91 Å². The Morgan fingerprint density at radius 2 is 2.04 bits per heavy atom. The van der Waals surface area contributed by atoms with Crippen LogP contribution in [0.3, 0.4) is 0 Å². The van der Waals surface area contributed by atoms with E-state index >= 15 is 0 Å². The van der Waals surface area contributed by atoms with Crippen LogP contribution < -0.4 is 5.32 Å². The number of amides is 1. The van der Waals surface area contributed by atoms with Crippen LogP contribution in [0.5, 0.6) is 0 Å². The van der Waals surface area contributed by atoms with Gasteiger partial charge in [-0.25, -0.2) is 9.37 Å². The number of nitrogens with one attached hydrogen (secondary N) is 1. The van der Waals surface area contributed by atoms with E-state index in [0.29, 0.717) is 27.6 Å². The summed E-state index contributed by atoms with van der Waals surface area (Å²) >= 11 is 2.73. The Kier molecular flexibility index (Phi) is 5.45. The van der Waals surface area contributed by atoms with E-state index in [4.69, 9.17) is 0 Å². The molecule has 0 aliphatic heterocycles. The van der Waals surface area contributed by atoms with Crippen molar-refractivity contribution in [2.24, 2.45) is 0 Å². The Hall–Kier alpha value is -2.56. The quantitative estimate of drug-likeness (QED) is 0.677. The Bertz CT molecular complexity index is 983. The number of nitriles is 1. The van der Waals surface area contributed by atoms with Crippen LogP contribution >= 0.6 is 22.7 Å². The molecule has 0 spiro atoms. The highest BCUT2D eigenvalue weighted by molar-refractivity contribution is 7.17. The maximum atomic E-state index is 13.0. The van der Waals surface area contributed by atoms with Gasteiger partial charge in [-0.1, -0.05) is 19.1 Å². The second-order valence-corrected chi connectivity index (χ2v) is 7.92. The smallest absolute Gasteiger partial charge is 0.268 e. The highest BCUT2D eigenvalue weighted by Crippen LogP contribution is 2.29. The van der Waals surface area contributed by atoms with Crippen LogP contribution in [0.4, 0.5) is 9.39 Å². The molecule has 3 aromatic rings. The van der Waals surface area contributed by atoms with E-state index in [1.54, 1.807) is 25.1 Å². The number of thiophene rings is 1. The highest BCUT2D eigenvalue weighted by Gasteiger charge is 2.18. The number of benzene rings is 1. The lowest BCUT2D eigenvalue weighted by Crippen LogP contribution is -2.11. The number of aryl methyl sites for hydroxylation is 2. The van der Waals surface area contributed by atoms with E-state index in [9.17, 15) is 14.4 Å². The molecule has 0 saturated carbocycles. The summed E-state index contributed by atoms with van der Waals surface area (Å²) in [6, 6.07) is 10.2. The molecule has 0 atom stereocenters. The standard InChI is InChI=1S/C19H16FN3OS2/c1-3-15-9-13(10-21)19(25-15)23-18(24)17-11(2)22-16(26-17)8-12-4-6-14(20)7-5-12/h4-7,9H,3,8H2,1-2H3,(H,23,24). The summed E-state index contributed by atoms with van der Waals surface area (Å²) in [6.45, 7) is 3.80. The lowest BCUT2D eigenvalue weighted by molar-refractivity contribution is 0.103. The molecule has 3 rings (SSSR count). The molecular formula is C19H16FN3OS2. The van der Waals surface area contributed by atoms with Crippen LogP contribution in [0.2, 0.25) is 0 Å². The molecule has 0 aliphatic rings. The molecular weight excluding hydrogens is 369 g/mol. The second kappa shape index (κ2) is 7.77. The zero-order valence-corrected chi connectivity index (χ0v) is 15.9. The van der Waals surface area contributed by atoms with E-state index in [2.05, 4.69) is 16.4 Å². The van der Waals surface area contributed by atoms with Gasteiger partial charge in [0.05, 0.1) is 16.3 Å². The second-order valence-electron chi connectivity index (χ2n) is 5.70. The zero-order valence-electron chi connectivity index (χ0n) is 14.3. The fourth-order valence-electron chi connectivity index (χ4n) is 2.47. The van der Waals surface area contributed by atoms with Crippen LogP contribution in [0.1, 0.15) is 43.3 Å². The molecule has 0 saturated heterocycles. The van der Waals surface area contributed by atoms with Crippen molar-refractivity contribution in [1.29, 1.82) is 5.26 Å². The van der Waals surface area contributed by atoms with Gasteiger partial charge in [-0.2, -0.15) is 5.26 Å². The summed E-state index contributed by atoms with van der Waals surface area (Å²) < 4.78 is 13.0. The Balaban J connectivity index is 1.78. The number of halogens is 1. The molecule has 7 heteroatoms. The fourth-order valence-corrected chi connectivity index (χ4v) is 4.40. The van der Waals surface area contributed by atoms with Crippen molar-refractivity contribution in [2.75, 3.05) is 5.32 Å². The number of hydrogen-bond donors (Lipinski definition) is 1. The zero-order chi connectivity index (χ0) is 18.7. The highest BCUT2D eigenvalue weighted by atomic mass is 32.1. The van der Waals surface area contributed by atoms with Gasteiger partial charge in [-0.15, -0.1) is 22.7 Å². The minimum Gasteiger partial charge on any atom is -0.312 e. The van der Waals surface area contributed by atoms with Crippen molar-refractivity contribution in [2.45, 2.75) is 26.7 Å². The molecule has 1 aromatic carbocycles. The summed E-state index contributed by atoms with van der Waals surface area (Å²) in [6.07, 6.45) is 1.36. The average Bonchev–Trinajstić information content (AvgIpc) is 3.19. The van der Waals surface area contributed by atoms with Crippen molar-refractivity contribution in [1.82, 2.24) is 4.98 Å². The van der Waals surface area contributed by atoms with Gasteiger partial charge in [0, 0.05) is 11.3 Å². The summed E-state index contributed by atoms with van der Waals surface area (Å²) in [4.78, 5) is 18.7. The monoisotopic (exact) mass is 385 g/mol. The first-order chi connectivity index (χ1) is 12.5. The topological polar surface area (TPSA) is 65.8 Å². The van der Waals surface area contributed by atoms with E-state index in [1.165, 1.54) is 34.8 Å². The first kappa shape index (κ1) is 18.2. The molecule has 1 amide bonds. The molecule has 2 aromatic heterocycles. The van der Waals surface area contributed by atoms with E-state index < -0.39 is 0 Å². The third-order valence-electron chi connectivity index (χ3n) is 3.79. The molecule has 0 aliphatic carbocycles. The molecule has 0 bridgehead atoms. The van der Waals surface area contributed by atoms with Crippen LogP contribution in [-0.2, 0) is 12.8 Å². The molecule has 1 N–H and O–H groups in total. The normalized spacial score (nSPS) is 10.5. The van der Waals surface area contributed by atoms with Gasteiger partial charge >= 0.3 is 0 Å². The van der Waals surface area contributed by atoms with Crippen LogP contribution in [-0.4, -0.2) is 10.9 Å². The van der Waals surface area contributed by atoms with E-state index in [0.717, 1.165) is 21.9 Å². The van der Waals surface area contributed by atoms with Gasteiger partial charge in [-0.3, -0.25) is 4.79 Å². The number of hydrogen-bond acceptors (Lipinski definition) is 5. The number of thiazole rings is 1. The van der Waals surface area contributed by atoms with Gasteiger partial charge < -0.3 is 5.32 Å². The number of carbonyl (C=O) groups excluding carboxylic acids is 1. The lowest BCUT2D eigenvalue weighted by atomic mass is 10.1. The number of aromatic nitrogens is 1. The minimum atomic E-state index is -0.278. The molecule has 26 heavy (non-hydrogen) atoms. The van der Waals surface area contributed by atoms with Gasteiger partial charge in [-0.05, 0) is 37.1 Å². The van der Waals surface area contributed by atoms with Crippen molar-refractivity contribution in [3.8, 4) is 6.07 Å². The maximum absolute atomic E-state index is 13.0. The first-order valence-electron chi connectivity index (χ1n) is 8.05. The minimum absolute atomic E-state index is 0.258. The van der Waals surface area contributed by atoms with Crippen LogP contribution in [0.25, 0.3) is 0 Å². The van der Waals surface area contributed by atoms with E-state index in [-0.39, 0.29) is 11.7 Å². The van der Waals surface area contributed by atoms with Gasteiger partial charge in [0.15, 0.2) is 0 Å². The molecule has 0 unspecified atom stereocenters.